The van der Waals surface area contributed by atoms with Gasteiger partial charge >= 0.3 is 11.9 Å². The normalized spacial score (nSPS) is 26.4. The van der Waals surface area contributed by atoms with Crippen molar-refractivity contribution in [2.24, 2.45) is 0 Å². The molecule has 4 rings (SSSR count). The minimum Gasteiger partial charge on any atom is -0.496 e. The van der Waals surface area contributed by atoms with Crippen molar-refractivity contribution in [1.82, 2.24) is 5.06 Å². The molecule has 6 nitrogen and oxygen atoms in total. The zero-order valence-electron chi connectivity index (χ0n) is 17.5. The number of allylic oxidation sites excluding steroid dienone is 1. The van der Waals surface area contributed by atoms with Crippen LogP contribution >= 0.6 is 0 Å². The average Bonchev–Trinajstić information content (AvgIpc) is 3.01. The average molecular weight is 411 g/mol. The van der Waals surface area contributed by atoms with Crippen LogP contribution in [0.2, 0.25) is 0 Å². The van der Waals surface area contributed by atoms with Crippen molar-refractivity contribution in [3.05, 3.63) is 47.1 Å². The lowest BCUT2D eigenvalue weighted by Crippen LogP contribution is -2.46. The van der Waals surface area contributed by atoms with E-state index in [1.807, 2.05) is 6.07 Å². The Morgan fingerprint density at radius 2 is 1.83 bits per heavy atom. The van der Waals surface area contributed by atoms with Crippen molar-refractivity contribution in [1.29, 1.82) is 0 Å². The smallest absolute Gasteiger partial charge is 0.350 e. The second-order valence-corrected chi connectivity index (χ2v) is 8.22. The third kappa shape index (κ3) is 4.93. The first-order valence-corrected chi connectivity index (χ1v) is 10.9. The SMILES string of the molecule is COc1ccc(C2CCN3OC(=O)/C=C\C(=O)OC3C2)cc1C=C1CCCCCC1. The zero-order chi connectivity index (χ0) is 20.9. The molecule has 1 aromatic carbocycles. The summed E-state index contributed by atoms with van der Waals surface area (Å²) in [7, 11) is 1.71. The molecule has 2 heterocycles. The highest BCUT2D eigenvalue weighted by atomic mass is 16.7. The minimum absolute atomic E-state index is 0.207. The molecular formula is C24H29NO5. The van der Waals surface area contributed by atoms with Crippen molar-refractivity contribution in [2.45, 2.75) is 63.5 Å². The molecule has 2 aliphatic heterocycles. The molecule has 3 aliphatic rings. The molecule has 160 valence electrons. The van der Waals surface area contributed by atoms with E-state index in [-0.39, 0.29) is 5.92 Å². The maximum absolute atomic E-state index is 11.9. The number of ether oxygens (including phenoxy) is 2. The summed E-state index contributed by atoms with van der Waals surface area (Å²) in [6.45, 7) is 0.518. The molecule has 6 heteroatoms. The van der Waals surface area contributed by atoms with Gasteiger partial charge in [-0.25, -0.2) is 9.59 Å². The summed E-state index contributed by atoms with van der Waals surface area (Å²) >= 11 is 0. The van der Waals surface area contributed by atoms with Gasteiger partial charge in [-0.3, -0.25) is 0 Å². The Labute approximate surface area is 177 Å². The molecular weight excluding hydrogens is 382 g/mol. The number of carbonyl (C=O) groups excluding carboxylic acids is 2. The predicted octanol–water partition coefficient (Wildman–Crippen LogP) is 4.51. The number of fused-ring (bicyclic) bond motifs is 1. The van der Waals surface area contributed by atoms with Crippen LogP contribution in [-0.2, 0) is 19.2 Å². The Hall–Kier alpha value is -2.60. The lowest BCUT2D eigenvalue weighted by atomic mass is 9.87. The third-order valence-electron chi connectivity index (χ3n) is 6.15. The fourth-order valence-corrected chi connectivity index (χ4v) is 4.54. The van der Waals surface area contributed by atoms with E-state index < -0.39 is 18.2 Å². The summed E-state index contributed by atoms with van der Waals surface area (Å²) in [5.74, 6) is 0.0235. The van der Waals surface area contributed by atoms with Crippen LogP contribution in [0.4, 0.5) is 0 Å². The number of hydrogen-bond donors (Lipinski definition) is 0. The first-order chi connectivity index (χ1) is 14.6. The van der Waals surface area contributed by atoms with Crippen molar-refractivity contribution < 1.29 is 23.9 Å². The lowest BCUT2D eigenvalue weighted by molar-refractivity contribution is -0.248. The van der Waals surface area contributed by atoms with E-state index in [1.165, 1.54) is 41.9 Å². The van der Waals surface area contributed by atoms with Gasteiger partial charge in [0, 0.05) is 30.7 Å². The highest BCUT2D eigenvalue weighted by Gasteiger charge is 2.35. The van der Waals surface area contributed by atoms with Crippen molar-refractivity contribution in [3.8, 4) is 5.75 Å². The number of piperidine rings is 1. The Bertz CT molecular complexity index is 849. The molecule has 1 saturated carbocycles. The van der Waals surface area contributed by atoms with Crippen LogP contribution in [-0.4, -0.2) is 36.9 Å². The summed E-state index contributed by atoms with van der Waals surface area (Å²) in [5, 5.41) is 1.48. The molecule has 2 atom stereocenters. The molecule has 2 unspecified atom stereocenters. The topological polar surface area (TPSA) is 65.1 Å². The van der Waals surface area contributed by atoms with Gasteiger partial charge < -0.3 is 14.3 Å². The zero-order valence-corrected chi connectivity index (χ0v) is 17.5. The van der Waals surface area contributed by atoms with Gasteiger partial charge in [-0.15, -0.1) is 0 Å². The third-order valence-corrected chi connectivity index (χ3v) is 6.15. The van der Waals surface area contributed by atoms with Gasteiger partial charge in [0.05, 0.1) is 7.11 Å². The number of nitrogens with zero attached hydrogens (tertiary/aromatic N) is 1. The van der Waals surface area contributed by atoms with E-state index >= 15 is 0 Å². The quantitative estimate of drug-likeness (QED) is 0.539. The van der Waals surface area contributed by atoms with Crippen molar-refractivity contribution >= 4 is 18.0 Å². The summed E-state index contributed by atoms with van der Waals surface area (Å²) in [5.41, 5.74) is 3.79. The number of carbonyl (C=O) groups is 2. The highest BCUT2D eigenvalue weighted by molar-refractivity contribution is 5.92. The molecule has 0 N–H and O–H groups in total. The van der Waals surface area contributed by atoms with Crippen LogP contribution in [0.3, 0.4) is 0 Å². The Morgan fingerprint density at radius 1 is 1.07 bits per heavy atom. The lowest BCUT2D eigenvalue weighted by Gasteiger charge is -2.37. The van der Waals surface area contributed by atoms with Gasteiger partial charge in [-0.05, 0) is 55.7 Å². The minimum atomic E-state index is -0.573. The maximum atomic E-state index is 11.9. The fraction of sp³-hybridized carbons (Fsp3) is 0.500. The molecule has 1 aliphatic carbocycles. The van der Waals surface area contributed by atoms with Crippen LogP contribution in [0.25, 0.3) is 6.08 Å². The first kappa shape index (κ1) is 20.7. The monoisotopic (exact) mass is 411 g/mol. The summed E-state index contributed by atoms with van der Waals surface area (Å²) in [6, 6.07) is 6.32. The van der Waals surface area contributed by atoms with E-state index in [9.17, 15) is 9.59 Å². The molecule has 2 fully saturated rings. The molecule has 0 bridgehead atoms. The molecule has 1 saturated heterocycles. The maximum Gasteiger partial charge on any atom is 0.350 e. The van der Waals surface area contributed by atoms with Crippen LogP contribution in [0.15, 0.2) is 35.9 Å². The van der Waals surface area contributed by atoms with Crippen molar-refractivity contribution in [3.63, 3.8) is 0 Å². The van der Waals surface area contributed by atoms with Crippen LogP contribution in [0.1, 0.15) is 68.4 Å². The Kier molecular flexibility index (Phi) is 6.53. The van der Waals surface area contributed by atoms with E-state index in [1.54, 1.807) is 7.11 Å². The van der Waals surface area contributed by atoms with Gasteiger partial charge in [0.2, 0.25) is 0 Å². The van der Waals surface area contributed by atoms with Crippen LogP contribution < -0.4 is 4.74 Å². The molecule has 30 heavy (non-hydrogen) atoms. The number of hydroxylamine groups is 2. The van der Waals surface area contributed by atoms with Crippen molar-refractivity contribution in [2.75, 3.05) is 13.7 Å². The van der Waals surface area contributed by atoms with E-state index in [0.29, 0.717) is 13.0 Å². The van der Waals surface area contributed by atoms with E-state index in [4.69, 9.17) is 14.3 Å². The molecule has 0 spiro atoms. The second-order valence-electron chi connectivity index (χ2n) is 8.22. The summed E-state index contributed by atoms with van der Waals surface area (Å²) in [4.78, 5) is 28.9. The largest absolute Gasteiger partial charge is 0.496 e. The summed E-state index contributed by atoms with van der Waals surface area (Å²) in [6.07, 6.45) is 12.8. The Balaban J connectivity index is 1.55. The van der Waals surface area contributed by atoms with Crippen LogP contribution in [0.5, 0.6) is 5.75 Å². The molecule has 0 radical (unpaired) electrons. The van der Waals surface area contributed by atoms with Gasteiger partial charge in [-0.2, -0.15) is 0 Å². The van der Waals surface area contributed by atoms with Gasteiger partial charge in [0.25, 0.3) is 0 Å². The standard InChI is InChI=1S/C24H29NO5/c1-28-21-9-8-18(15-20(21)14-17-6-4-2-3-5-7-17)19-12-13-25-22(16-19)29-23(26)10-11-24(27)30-25/h8-11,14-15,19,22H,2-7,12-13,16H2,1H3/b11-10-. The molecule has 0 aromatic heterocycles. The highest BCUT2D eigenvalue weighted by Crippen LogP contribution is 2.36. The second kappa shape index (κ2) is 9.47. The van der Waals surface area contributed by atoms with Gasteiger partial charge in [-0.1, -0.05) is 35.6 Å². The van der Waals surface area contributed by atoms with Gasteiger partial charge in [0.1, 0.15) is 5.75 Å². The summed E-state index contributed by atoms with van der Waals surface area (Å²) < 4.78 is 11.1. The first-order valence-electron chi connectivity index (χ1n) is 10.9. The number of benzene rings is 1. The Morgan fingerprint density at radius 3 is 2.60 bits per heavy atom. The van der Waals surface area contributed by atoms with Gasteiger partial charge in [0.15, 0.2) is 6.23 Å². The number of hydrogen-bond acceptors (Lipinski definition) is 6. The van der Waals surface area contributed by atoms with Crippen LogP contribution in [0, 0.1) is 0 Å². The predicted molar refractivity (Wildman–Crippen MR) is 112 cm³/mol. The number of rotatable bonds is 3. The molecule has 1 aromatic rings. The fourth-order valence-electron chi connectivity index (χ4n) is 4.54. The number of methoxy groups -OCH3 is 1. The molecule has 0 amide bonds. The van der Waals surface area contributed by atoms with E-state index in [0.717, 1.165) is 42.7 Å². The number of esters is 1. The van der Waals surface area contributed by atoms with E-state index in [2.05, 4.69) is 18.2 Å².